The van der Waals surface area contributed by atoms with E-state index in [0.717, 1.165) is 32.7 Å². The molecule has 6 rings (SSSR count). The Balaban J connectivity index is 1.58. The zero-order valence-electron chi connectivity index (χ0n) is 19.3. The van der Waals surface area contributed by atoms with Gasteiger partial charge < -0.3 is 11.1 Å². The minimum absolute atomic E-state index is 0.123. The quantitative estimate of drug-likeness (QED) is 0.341. The molecule has 0 saturated carbocycles. The summed E-state index contributed by atoms with van der Waals surface area (Å²) in [5, 5.41) is 4.89. The number of nitrogens with zero attached hydrogens (tertiary/aromatic N) is 5. The molecule has 9 heteroatoms. The number of hydrogen-bond donors (Lipinski definition) is 2. The average molecular weight is 492 g/mol. The van der Waals surface area contributed by atoms with E-state index in [9.17, 15) is 4.79 Å². The van der Waals surface area contributed by atoms with E-state index in [1.54, 1.807) is 22.5 Å². The van der Waals surface area contributed by atoms with Gasteiger partial charge in [0.15, 0.2) is 5.82 Å². The average Bonchev–Trinajstić information content (AvgIpc) is 3.39. The second-order valence-electron chi connectivity index (χ2n) is 8.42. The summed E-state index contributed by atoms with van der Waals surface area (Å²) in [5.74, 6) is 0.625. The number of thiazole rings is 1. The van der Waals surface area contributed by atoms with E-state index >= 15 is 0 Å². The number of nitrogens with two attached hydrogens (primary N) is 1. The second-order valence-corrected chi connectivity index (χ2v) is 9.25. The van der Waals surface area contributed by atoms with Crippen LogP contribution < -0.4 is 16.6 Å². The van der Waals surface area contributed by atoms with Gasteiger partial charge in [-0.15, -0.1) is 11.3 Å². The number of benzene rings is 2. The number of fused-ring (bicyclic) bond motifs is 2. The van der Waals surface area contributed by atoms with E-state index < -0.39 is 0 Å². The summed E-state index contributed by atoms with van der Waals surface area (Å²) >= 11 is 1.46. The maximum Gasteiger partial charge on any atom is 0.263 e. The molecule has 4 aromatic heterocycles. The smallest absolute Gasteiger partial charge is 0.263 e. The van der Waals surface area contributed by atoms with E-state index in [1.165, 1.54) is 17.7 Å². The topological polar surface area (TPSA) is 112 Å². The van der Waals surface area contributed by atoms with Gasteiger partial charge in [-0.25, -0.2) is 15.0 Å². The molecule has 3 N–H and O–H groups in total. The second kappa shape index (κ2) is 8.86. The molecule has 0 radical (unpaired) electrons. The highest BCUT2D eigenvalue weighted by Gasteiger charge is 2.20. The lowest BCUT2D eigenvalue weighted by molar-refractivity contribution is 0.774. The zero-order chi connectivity index (χ0) is 24.6. The third-order valence-electron chi connectivity index (χ3n) is 6.09. The van der Waals surface area contributed by atoms with Crippen molar-refractivity contribution in [1.82, 2.24) is 24.5 Å². The third-order valence-corrected chi connectivity index (χ3v) is 6.82. The molecular formula is C27H21N7OS. The maximum absolute atomic E-state index is 14.2. The van der Waals surface area contributed by atoms with Crippen LogP contribution in [0.2, 0.25) is 0 Å². The fourth-order valence-corrected chi connectivity index (χ4v) is 5.10. The van der Waals surface area contributed by atoms with Crippen molar-refractivity contribution >= 4 is 44.0 Å². The fourth-order valence-electron chi connectivity index (χ4n) is 4.47. The van der Waals surface area contributed by atoms with Gasteiger partial charge in [0.2, 0.25) is 0 Å². The first-order valence-corrected chi connectivity index (χ1v) is 12.2. The zero-order valence-corrected chi connectivity index (χ0v) is 20.1. The largest absolute Gasteiger partial charge is 0.397 e. The van der Waals surface area contributed by atoms with Gasteiger partial charge in [0.1, 0.15) is 16.7 Å². The number of nitrogen functional groups attached to an aromatic ring is 1. The van der Waals surface area contributed by atoms with Crippen molar-refractivity contribution in [3.8, 4) is 16.8 Å². The van der Waals surface area contributed by atoms with Crippen LogP contribution in [0.15, 0.2) is 89.7 Å². The van der Waals surface area contributed by atoms with Gasteiger partial charge in [-0.2, -0.15) is 0 Å². The van der Waals surface area contributed by atoms with Crippen molar-refractivity contribution in [3.05, 3.63) is 101 Å². The number of aromatic nitrogens is 5. The summed E-state index contributed by atoms with van der Waals surface area (Å²) in [4.78, 5) is 32.3. The van der Waals surface area contributed by atoms with Crippen LogP contribution in [-0.4, -0.2) is 24.5 Å². The van der Waals surface area contributed by atoms with Crippen LogP contribution in [0.3, 0.4) is 0 Å². The molecule has 1 atom stereocenters. The molecule has 8 nitrogen and oxygen atoms in total. The van der Waals surface area contributed by atoms with Crippen molar-refractivity contribution in [2.45, 2.75) is 13.0 Å². The Morgan fingerprint density at radius 3 is 2.69 bits per heavy atom. The van der Waals surface area contributed by atoms with Crippen LogP contribution in [0.5, 0.6) is 0 Å². The van der Waals surface area contributed by atoms with Crippen LogP contribution in [-0.2, 0) is 0 Å². The summed E-state index contributed by atoms with van der Waals surface area (Å²) in [5.41, 5.74) is 12.0. The van der Waals surface area contributed by atoms with Crippen LogP contribution in [0.4, 0.5) is 11.5 Å². The predicted octanol–water partition coefficient (Wildman–Crippen LogP) is 5.21. The van der Waals surface area contributed by atoms with Gasteiger partial charge in [-0.3, -0.25) is 14.3 Å². The Morgan fingerprint density at radius 2 is 1.86 bits per heavy atom. The van der Waals surface area contributed by atoms with Crippen molar-refractivity contribution in [1.29, 1.82) is 0 Å². The Bertz CT molecular complexity index is 1780. The molecule has 36 heavy (non-hydrogen) atoms. The lowest BCUT2D eigenvalue weighted by atomic mass is 9.98. The number of para-hydroxylation sites is 1. The Labute approximate surface area is 210 Å². The molecule has 4 heterocycles. The van der Waals surface area contributed by atoms with E-state index in [4.69, 9.17) is 5.73 Å². The van der Waals surface area contributed by atoms with Crippen molar-refractivity contribution < 1.29 is 0 Å². The molecular weight excluding hydrogens is 470 g/mol. The monoisotopic (exact) mass is 491 g/mol. The normalized spacial score (nSPS) is 12.1. The van der Waals surface area contributed by atoms with Crippen molar-refractivity contribution in [2.24, 2.45) is 0 Å². The molecule has 0 fully saturated rings. The SMILES string of the molecule is CC(Nc1ncnc2scnc12)c1cc2cccc(-c3cncc(N)c3)c2c(=O)n1-c1ccccc1. The summed E-state index contributed by atoms with van der Waals surface area (Å²) in [6.07, 6.45) is 4.84. The maximum atomic E-state index is 14.2. The molecule has 0 aliphatic carbocycles. The highest BCUT2D eigenvalue weighted by Crippen LogP contribution is 2.31. The summed E-state index contributed by atoms with van der Waals surface area (Å²) in [6.45, 7) is 2.01. The number of nitrogens with one attached hydrogen (secondary N) is 1. The molecule has 1 unspecified atom stereocenters. The van der Waals surface area contributed by atoms with Crippen molar-refractivity contribution in [2.75, 3.05) is 11.1 Å². The summed E-state index contributed by atoms with van der Waals surface area (Å²) in [6, 6.07) is 19.1. The third kappa shape index (κ3) is 3.75. The molecule has 0 bridgehead atoms. The van der Waals surface area contributed by atoms with Gasteiger partial charge in [0.05, 0.1) is 22.6 Å². The first-order chi connectivity index (χ1) is 17.6. The van der Waals surface area contributed by atoms with Crippen LogP contribution in [0.1, 0.15) is 18.7 Å². The summed E-state index contributed by atoms with van der Waals surface area (Å²) < 4.78 is 1.75. The van der Waals surface area contributed by atoms with Gasteiger partial charge >= 0.3 is 0 Å². The lowest BCUT2D eigenvalue weighted by Gasteiger charge is -2.22. The lowest BCUT2D eigenvalue weighted by Crippen LogP contribution is -2.26. The molecule has 2 aromatic carbocycles. The van der Waals surface area contributed by atoms with Gasteiger partial charge in [-0.1, -0.05) is 36.4 Å². The van der Waals surface area contributed by atoms with E-state index in [1.807, 2.05) is 67.6 Å². The fraction of sp³-hybridized carbons (Fsp3) is 0.0741. The highest BCUT2D eigenvalue weighted by molar-refractivity contribution is 7.16. The molecule has 0 amide bonds. The van der Waals surface area contributed by atoms with Gasteiger partial charge in [-0.05, 0) is 42.1 Å². The molecule has 6 aromatic rings. The molecule has 0 aliphatic heterocycles. The Morgan fingerprint density at radius 1 is 1.00 bits per heavy atom. The van der Waals surface area contributed by atoms with Crippen LogP contribution in [0, 0.1) is 0 Å². The van der Waals surface area contributed by atoms with Crippen LogP contribution in [0.25, 0.3) is 37.9 Å². The Kier molecular flexibility index (Phi) is 5.38. The molecule has 0 spiro atoms. The van der Waals surface area contributed by atoms with Gasteiger partial charge in [0.25, 0.3) is 5.56 Å². The molecule has 0 saturated heterocycles. The molecule has 0 aliphatic rings. The standard InChI is InChI=1S/C27H21N7OS/c1-16(33-25-24-26(31-14-30-25)36-15-32-24)22-11-17-6-5-9-21(18-10-19(28)13-29-12-18)23(17)27(35)34(22)20-7-3-2-4-8-20/h2-16H,28H2,1H3,(H,30,31,33). The van der Waals surface area contributed by atoms with E-state index in [2.05, 4.69) is 25.3 Å². The Hall–Kier alpha value is -4.63. The number of anilines is 2. The first-order valence-electron chi connectivity index (χ1n) is 11.4. The predicted molar refractivity (Wildman–Crippen MR) is 144 cm³/mol. The van der Waals surface area contributed by atoms with E-state index in [-0.39, 0.29) is 11.6 Å². The number of rotatable bonds is 5. The highest BCUT2D eigenvalue weighted by atomic mass is 32.1. The summed E-state index contributed by atoms with van der Waals surface area (Å²) in [7, 11) is 0. The first kappa shape index (κ1) is 21.9. The van der Waals surface area contributed by atoms with Gasteiger partial charge in [0, 0.05) is 29.3 Å². The minimum atomic E-state index is -0.264. The minimum Gasteiger partial charge on any atom is -0.397 e. The van der Waals surface area contributed by atoms with Crippen LogP contribution >= 0.6 is 11.3 Å². The van der Waals surface area contributed by atoms with E-state index in [0.29, 0.717) is 22.4 Å². The number of hydrogen-bond acceptors (Lipinski definition) is 8. The van der Waals surface area contributed by atoms with Crippen molar-refractivity contribution in [3.63, 3.8) is 0 Å². The number of pyridine rings is 2. The molecule has 176 valence electrons.